The zero-order valence-corrected chi connectivity index (χ0v) is 23.8. The van der Waals surface area contributed by atoms with Crippen LogP contribution in [0.2, 0.25) is 10.0 Å². The van der Waals surface area contributed by atoms with E-state index in [1.54, 1.807) is 61.5 Å². The fourth-order valence-corrected chi connectivity index (χ4v) is 5.61. The third-order valence-electron chi connectivity index (χ3n) is 5.40. The number of hydrogen-bond donors (Lipinski definition) is 2. The summed E-state index contributed by atoms with van der Waals surface area (Å²) in [6, 6.07) is 19.0. The van der Waals surface area contributed by atoms with E-state index < -0.39 is 22.5 Å². The average Bonchev–Trinajstić information content (AvgIpc) is 2.85. The second-order valence-corrected chi connectivity index (χ2v) is 12.0. The molecule has 4 aromatic rings. The van der Waals surface area contributed by atoms with Gasteiger partial charge in [-0.3, -0.25) is 9.59 Å². The van der Waals surface area contributed by atoms with Crippen LogP contribution in [0.5, 0.6) is 0 Å². The highest BCUT2D eigenvalue weighted by atomic mass is 79.9. The molecule has 38 heavy (non-hydrogen) atoms. The highest BCUT2D eigenvalue weighted by molar-refractivity contribution is 9.10. The molecule has 0 atom stereocenters. The van der Waals surface area contributed by atoms with Crippen molar-refractivity contribution in [1.82, 2.24) is 14.3 Å². The van der Waals surface area contributed by atoms with Gasteiger partial charge >= 0.3 is 0 Å². The lowest BCUT2D eigenvalue weighted by atomic mass is 10.2. The normalized spacial score (nSPS) is 11.5. The van der Waals surface area contributed by atoms with E-state index in [9.17, 15) is 18.0 Å². The number of carbonyl (C=O) groups excluding carboxylic acids is 1. The summed E-state index contributed by atoms with van der Waals surface area (Å²) in [5.74, 6) is -0.209. The molecule has 0 saturated carbocycles. The van der Waals surface area contributed by atoms with Crippen molar-refractivity contribution in [3.63, 3.8) is 0 Å². The Hall–Kier alpha value is -3.02. The molecule has 1 aromatic heterocycles. The van der Waals surface area contributed by atoms with Gasteiger partial charge in [0.25, 0.3) is 5.56 Å². The van der Waals surface area contributed by atoms with Crippen LogP contribution in [0.4, 0.5) is 5.69 Å². The smallest absolute Gasteiger partial charge is 0.251 e. The monoisotopic (exact) mass is 634 g/mol. The van der Waals surface area contributed by atoms with E-state index in [2.05, 4.69) is 31.2 Å². The fourth-order valence-electron chi connectivity index (χ4n) is 3.64. The van der Waals surface area contributed by atoms with Crippen LogP contribution < -0.4 is 10.9 Å². The molecule has 0 aliphatic heterocycles. The van der Waals surface area contributed by atoms with Crippen LogP contribution in [-0.2, 0) is 21.4 Å². The molecule has 2 N–H and O–H groups in total. The first kappa shape index (κ1) is 28.0. The maximum atomic E-state index is 13.5. The second-order valence-electron chi connectivity index (χ2n) is 8.34. The molecule has 0 saturated heterocycles. The van der Waals surface area contributed by atoms with Gasteiger partial charge in [0.2, 0.25) is 15.9 Å². The summed E-state index contributed by atoms with van der Waals surface area (Å²) in [5, 5.41) is 3.34. The van der Waals surface area contributed by atoms with Crippen LogP contribution in [-0.4, -0.2) is 35.1 Å². The van der Waals surface area contributed by atoms with Gasteiger partial charge in [0.15, 0.2) is 0 Å². The van der Waals surface area contributed by atoms with Gasteiger partial charge < -0.3 is 10.3 Å². The molecule has 0 spiro atoms. The number of nitrogens with one attached hydrogen (secondary N) is 2. The number of benzene rings is 3. The second kappa shape index (κ2) is 11.8. The Morgan fingerprint density at radius 1 is 1.03 bits per heavy atom. The number of halogens is 3. The summed E-state index contributed by atoms with van der Waals surface area (Å²) in [7, 11) is -4.06. The number of aromatic amines is 1. The number of amides is 1. The van der Waals surface area contributed by atoms with Crippen molar-refractivity contribution < 1.29 is 13.2 Å². The predicted molar refractivity (Wildman–Crippen MR) is 152 cm³/mol. The molecule has 4 rings (SSSR count). The summed E-state index contributed by atoms with van der Waals surface area (Å²) in [5.41, 5.74) is 1.81. The Morgan fingerprint density at radius 2 is 1.76 bits per heavy atom. The number of anilines is 1. The van der Waals surface area contributed by atoms with Crippen LogP contribution in [0, 0.1) is 6.92 Å². The van der Waals surface area contributed by atoms with Crippen molar-refractivity contribution in [2.45, 2.75) is 18.4 Å². The largest absolute Gasteiger partial charge is 0.325 e. The molecule has 3 aromatic carbocycles. The summed E-state index contributed by atoms with van der Waals surface area (Å²) >= 11 is 15.4. The first-order valence-electron chi connectivity index (χ1n) is 11.2. The summed E-state index contributed by atoms with van der Waals surface area (Å²) in [4.78, 5) is 31.9. The summed E-state index contributed by atoms with van der Waals surface area (Å²) in [6.45, 7) is 1.12. The lowest BCUT2D eigenvalue weighted by Gasteiger charge is -2.22. The van der Waals surface area contributed by atoms with Crippen LogP contribution in [0.15, 0.2) is 87.0 Å². The molecule has 12 heteroatoms. The van der Waals surface area contributed by atoms with E-state index in [4.69, 9.17) is 23.2 Å². The minimum absolute atomic E-state index is 0.0324. The fraction of sp³-hybridized carbons (Fsp3) is 0.115. The molecule has 8 nitrogen and oxygen atoms in total. The van der Waals surface area contributed by atoms with Gasteiger partial charge in [0.1, 0.15) is 5.82 Å². The Bertz CT molecular complexity index is 1660. The minimum atomic E-state index is -4.06. The van der Waals surface area contributed by atoms with E-state index in [1.165, 1.54) is 18.2 Å². The molecule has 0 fully saturated rings. The van der Waals surface area contributed by atoms with Gasteiger partial charge in [-0.2, -0.15) is 4.31 Å². The van der Waals surface area contributed by atoms with E-state index in [0.29, 0.717) is 33.4 Å². The number of carbonyl (C=O) groups is 1. The molecule has 0 radical (unpaired) electrons. The van der Waals surface area contributed by atoms with Crippen molar-refractivity contribution in [3.05, 3.63) is 109 Å². The molecular weight excluding hydrogens is 615 g/mol. The van der Waals surface area contributed by atoms with Gasteiger partial charge in [-0.25, -0.2) is 13.4 Å². The van der Waals surface area contributed by atoms with E-state index in [-0.39, 0.29) is 22.0 Å². The van der Waals surface area contributed by atoms with Crippen molar-refractivity contribution in [3.8, 4) is 11.4 Å². The van der Waals surface area contributed by atoms with E-state index >= 15 is 0 Å². The van der Waals surface area contributed by atoms with Gasteiger partial charge in [-0.05, 0) is 61.0 Å². The Labute approximate surface area is 237 Å². The third kappa shape index (κ3) is 6.89. The SMILES string of the molecule is Cc1cc(=O)[nH]c(-c2cccc(NC(=O)CN(Cc3ccc(Cl)c(Cl)c3)S(=O)(=O)c3ccc(Br)cc3)c2)n1. The highest BCUT2D eigenvalue weighted by Gasteiger charge is 2.27. The lowest BCUT2D eigenvalue weighted by Crippen LogP contribution is -2.37. The first-order chi connectivity index (χ1) is 18.0. The minimum Gasteiger partial charge on any atom is -0.325 e. The van der Waals surface area contributed by atoms with E-state index in [1.807, 2.05) is 0 Å². The molecule has 0 bridgehead atoms. The summed E-state index contributed by atoms with van der Waals surface area (Å²) in [6.07, 6.45) is 0. The maximum Gasteiger partial charge on any atom is 0.251 e. The summed E-state index contributed by atoms with van der Waals surface area (Å²) < 4.78 is 28.8. The molecule has 1 amide bonds. The van der Waals surface area contributed by atoms with Gasteiger partial charge in [0, 0.05) is 34.0 Å². The zero-order chi connectivity index (χ0) is 27.4. The van der Waals surface area contributed by atoms with Crippen molar-refractivity contribution >= 4 is 60.7 Å². The molecule has 0 aliphatic rings. The maximum absolute atomic E-state index is 13.5. The Kier molecular flexibility index (Phi) is 8.69. The van der Waals surface area contributed by atoms with Crippen molar-refractivity contribution in [2.24, 2.45) is 0 Å². The predicted octanol–water partition coefficient (Wildman–Crippen LogP) is 5.64. The standard InChI is InChI=1S/C26H21BrCl2N4O4S/c1-16-11-24(34)32-26(30-16)18-3-2-4-20(13-18)31-25(35)15-33(14-17-5-10-22(28)23(29)12-17)38(36,37)21-8-6-19(27)7-9-21/h2-13H,14-15H2,1H3,(H,31,35)(H,30,32,34). The number of aryl methyl sites for hydroxylation is 1. The van der Waals surface area contributed by atoms with Crippen LogP contribution in [0.25, 0.3) is 11.4 Å². The Morgan fingerprint density at radius 3 is 2.45 bits per heavy atom. The number of nitrogens with zero attached hydrogens (tertiary/aromatic N) is 2. The van der Waals surface area contributed by atoms with Gasteiger partial charge in [-0.15, -0.1) is 0 Å². The lowest BCUT2D eigenvalue weighted by molar-refractivity contribution is -0.116. The number of H-pyrrole nitrogens is 1. The van der Waals surface area contributed by atoms with Crippen LogP contribution >= 0.6 is 39.1 Å². The number of sulfonamides is 1. The molecule has 0 unspecified atom stereocenters. The van der Waals surface area contributed by atoms with Crippen LogP contribution in [0.1, 0.15) is 11.3 Å². The first-order valence-corrected chi connectivity index (χ1v) is 14.2. The number of rotatable bonds is 8. The number of aromatic nitrogens is 2. The highest BCUT2D eigenvalue weighted by Crippen LogP contribution is 2.26. The number of hydrogen-bond acceptors (Lipinski definition) is 5. The van der Waals surface area contributed by atoms with Gasteiger partial charge in [-0.1, -0.05) is 57.3 Å². The quantitative estimate of drug-likeness (QED) is 0.260. The van der Waals surface area contributed by atoms with Crippen LogP contribution in [0.3, 0.4) is 0 Å². The molecule has 196 valence electrons. The van der Waals surface area contributed by atoms with Crippen molar-refractivity contribution in [1.29, 1.82) is 0 Å². The molecule has 0 aliphatic carbocycles. The van der Waals surface area contributed by atoms with Crippen molar-refractivity contribution in [2.75, 3.05) is 11.9 Å². The third-order valence-corrected chi connectivity index (χ3v) is 8.48. The van der Waals surface area contributed by atoms with Gasteiger partial charge in [0.05, 0.1) is 21.5 Å². The average molecular weight is 636 g/mol. The topological polar surface area (TPSA) is 112 Å². The molecular formula is C26H21BrCl2N4O4S. The zero-order valence-electron chi connectivity index (χ0n) is 19.9. The Balaban J connectivity index is 1.60. The molecule has 1 heterocycles. The van der Waals surface area contributed by atoms with E-state index in [0.717, 1.165) is 8.78 Å².